The lowest BCUT2D eigenvalue weighted by Gasteiger charge is -2.28. The van der Waals surface area contributed by atoms with Crippen LogP contribution in [-0.2, 0) is 17.4 Å². The average Bonchev–Trinajstić information content (AvgIpc) is 3.14. The van der Waals surface area contributed by atoms with Gasteiger partial charge in [-0.3, -0.25) is 9.59 Å². The minimum absolute atomic E-state index is 0.0297. The number of aromatic nitrogens is 2. The predicted molar refractivity (Wildman–Crippen MR) is 98.3 cm³/mol. The fourth-order valence-electron chi connectivity index (χ4n) is 3.14. The van der Waals surface area contributed by atoms with Gasteiger partial charge in [0.05, 0.1) is 22.9 Å². The van der Waals surface area contributed by atoms with Gasteiger partial charge in [-0.15, -0.1) is 11.3 Å². The number of fused-ring (bicyclic) bond motifs is 1. The van der Waals surface area contributed by atoms with Crippen LogP contribution in [0.3, 0.4) is 0 Å². The smallest absolute Gasteiger partial charge is 0.266 e. The molecule has 0 atom stereocenters. The van der Waals surface area contributed by atoms with E-state index in [2.05, 4.69) is 30.9 Å². The van der Waals surface area contributed by atoms with Crippen LogP contribution in [0, 0.1) is 6.92 Å². The average molecular weight is 376 g/mol. The van der Waals surface area contributed by atoms with E-state index in [1.165, 1.54) is 11.3 Å². The number of hydrogen-bond donors (Lipinski definition) is 1. The van der Waals surface area contributed by atoms with E-state index in [0.717, 1.165) is 10.7 Å². The minimum atomic E-state index is -0.609. The molecular formula is C18H24N4O3S. The molecule has 2 aromatic heterocycles. The van der Waals surface area contributed by atoms with Gasteiger partial charge in [-0.05, 0) is 6.92 Å². The summed E-state index contributed by atoms with van der Waals surface area (Å²) in [4.78, 5) is 31.7. The Morgan fingerprint density at radius 3 is 2.50 bits per heavy atom. The van der Waals surface area contributed by atoms with Gasteiger partial charge < -0.3 is 15.2 Å². The Morgan fingerprint density at radius 2 is 1.96 bits per heavy atom. The van der Waals surface area contributed by atoms with Gasteiger partial charge in [0.1, 0.15) is 10.4 Å². The van der Waals surface area contributed by atoms with Crippen LogP contribution in [0.25, 0.3) is 0 Å². The summed E-state index contributed by atoms with van der Waals surface area (Å²) in [5, 5.41) is 4.85. The molecule has 0 bridgehead atoms. The van der Waals surface area contributed by atoms with E-state index in [4.69, 9.17) is 10.3 Å². The molecule has 0 unspecified atom stereocenters. The molecule has 0 aromatic carbocycles. The predicted octanol–water partition coefficient (Wildman–Crippen LogP) is 2.77. The van der Waals surface area contributed by atoms with Crippen LogP contribution in [-0.4, -0.2) is 33.4 Å². The van der Waals surface area contributed by atoms with Crippen LogP contribution < -0.4 is 5.73 Å². The Labute approximate surface area is 156 Å². The first kappa shape index (κ1) is 18.6. The SMILES string of the molecule is Cc1noc(C(C)(C)CN2Cc3nc(C(C)(C)C)sc3C2=O)c1C(N)=O. The lowest BCUT2D eigenvalue weighted by Crippen LogP contribution is -2.38. The molecule has 0 fully saturated rings. The first-order valence-corrected chi connectivity index (χ1v) is 9.29. The molecule has 8 heteroatoms. The highest BCUT2D eigenvalue weighted by molar-refractivity contribution is 7.14. The van der Waals surface area contributed by atoms with Gasteiger partial charge in [-0.2, -0.15) is 0 Å². The number of primary amides is 1. The number of aryl methyl sites for hydroxylation is 1. The summed E-state index contributed by atoms with van der Waals surface area (Å²) in [5.41, 5.74) is 6.37. The second-order valence-corrected chi connectivity index (χ2v) is 9.43. The van der Waals surface area contributed by atoms with Crippen molar-refractivity contribution in [1.82, 2.24) is 15.0 Å². The van der Waals surface area contributed by atoms with E-state index in [1.54, 1.807) is 11.8 Å². The number of amides is 2. The van der Waals surface area contributed by atoms with Crippen LogP contribution in [0.15, 0.2) is 4.52 Å². The molecule has 7 nitrogen and oxygen atoms in total. The lowest BCUT2D eigenvalue weighted by atomic mass is 9.86. The van der Waals surface area contributed by atoms with E-state index in [1.807, 2.05) is 13.8 Å². The summed E-state index contributed by atoms with van der Waals surface area (Å²) in [6, 6.07) is 0. The molecule has 1 aliphatic rings. The Balaban J connectivity index is 1.85. The monoisotopic (exact) mass is 376 g/mol. The van der Waals surface area contributed by atoms with Gasteiger partial charge >= 0.3 is 0 Å². The van der Waals surface area contributed by atoms with Crippen molar-refractivity contribution in [2.24, 2.45) is 5.73 Å². The van der Waals surface area contributed by atoms with Crippen molar-refractivity contribution < 1.29 is 14.1 Å². The Kier molecular flexibility index (Phi) is 4.22. The highest BCUT2D eigenvalue weighted by Gasteiger charge is 2.40. The minimum Gasteiger partial charge on any atom is -0.365 e. The molecule has 0 aliphatic carbocycles. The number of rotatable bonds is 4. The van der Waals surface area contributed by atoms with Crippen molar-refractivity contribution >= 4 is 23.2 Å². The van der Waals surface area contributed by atoms with Crippen LogP contribution in [0.1, 0.15) is 76.8 Å². The molecule has 2 amide bonds. The first-order chi connectivity index (χ1) is 11.9. The van der Waals surface area contributed by atoms with Crippen molar-refractivity contribution in [2.75, 3.05) is 6.54 Å². The third-order valence-corrected chi connectivity index (χ3v) is 5.98. The number of carbonyl (C=O) groups excluding carboxylic acids is 2. The highest BCUT2D eigenvalue weighted by atomic mass is 32.1. The molecule has 1 aliphatic heterocycles. The van der Waals surface area contributed by atoms with E-state index < -0.39 is 11.3 Å². The van der Waals surface area contributed by atoms with Crippen molar-refractivity contribution in [2.45, 2.75) is 58.9 Å². The number of nitrogens with zero attached hydrogens (tertiary/aromatic N) is 3. The lowest BCUT2D eigenvalue weighted by molar-refractivity contribution is 0.0737. The topological polar surface area (TPSA) is 102 Å². The van der Waals surface area contributed by atoms with Crippen molar-refractivity contribution in [3.8, 4) is 0 Å². The zero-order chi connectivity index (χ0) is 19.4. The Hall–Kier alpha value is -2.22. The van der Waals surface area contributed by atoms with Gasteiger partial charge in [-0.1, -0.05) is 39.8 Å². The van der Waals surface area contributed by atoms with Gasteiger partial charge in [0.15, 0.2) is 5.76 Å². The quantitative estimate of drug-likeness (QED) is 0.884. The molecule has 0 saturated heterocycles. The van der Waals surface area contributed by atoms with E-state index in [0.29, 0.717) is 35.0 Å². The third-order valence-electron chi connectivity index (χ3n) is 4.47. The summed E-state index contributed by atoms with van der Waals surface area (Å²) < 4.78 is 5.39. The summed E-state index contributed by atoms with van der Waals surface area (Å²) >= 11 is 1.46. The summed E-state index contributed by atoms with van der Waals surface area (Å²) in [6.45, 7) is 12.6. The number of hydrogen-bond acceptors (Lipinski definition) is 6. The maximum absolute atomic E-state index is 12.8. The zero-order valence-corrected chi connectivity index (χ0v) is 16.8. The van der Waals surface area contributed by atoms with Gasteiger partial charge in [0, 0.05) is 17.4 Å². The zero-order valence-electron chi connectivity index (χ0n) is 16.0. The first-order valence-electron chi connectivity index (χ1n) is 8.48. The molecule has 3 rings (SSSR count). The Bertz CT molecular complexity index is 889. The summed E-state index contributed by atoms with van der Waals surface area (Å²) in [7, 11) is 0. The van der Waals surface area contributed by atoms with Crippen LogP contribution in [0.4, 0.5) is 0 Å². The molecular weight excluding hydrogens is 352 g/mol. The third kappa shape index (κ3) is 3.02. The maximum Gasteiger partial charge on any atom is 0.266 e. The fourth-order valence-corrected chi connectivity index (χ4v) is 4.24. The van der Waals surface area contributed by atoms with Crippen molar-refractivity contribution in [1.29, 1.82) is 0 Å². The molecule has 0 saturated carbocycles. The molecule has 0 spiro atoms. The summed E-state index contributed by atoms with van der Waals surface area (Å²) in [6.07, 6.45) is 0. The molecule has 140 valence electrons. The highest BCUT2D eigenvalue weighted by Crippen LogP contribution is 2.36. The second-order valence-electron chi connectivity index (χ2n) is 8.43. The molecule has 2 aromatic rings. The van der Waals surface area contributed by atoms with Gasteiger partial charge in [-0.25, -0.2) is 4.98 Å². The van der Waals surface area contributed by atoms with Gasteiger partial charge in [0.2, 0.25) is 0 Å². The van der Waals surface area contributed by atoms with E-state index >= 15 is 0 Å². The fraction of sp³-hybridized carbons (Fsp3) is 0.556. The summed E-state index contributed by atoms with van der Waals surface area (Å²) in [5.74, 6) is -0.193. The number of nitrogens with two attached hydrogens (primary N) is 1. The maximum atomic E-state index is 12.8. The largest absolute Gasteiger partial charge is 0.365 e. The molecule has 2 N–H and O–H groups in total. The number of carbonyl (C=O) groups is 2. The number of thiazole rings is 1. The van der Waals surface area contributed by atoms with Crippen molar-refractivity contribution in [3.63, 3.8) is 0 Å². The second kappa shape index (κ2) is 5.90. The normalized spacial score (nSPS) is 14.8. The van der Waals surface area contributed by atoms with Crippen LogP contribution in [0.2, 0.25) is 0 Å². The molecule has 26 heavy (non-hydrogen) atoms. The molecule has 0 radical (unpaired) electrons. The van der Waals surface area contributed by atoms with E-state index in [-0.39, 0.29) is 11.3 Å². The Morgan fingerprint density at radius 1 is 1.31 bits per heavy atom. The van der Waals surface area contributed by atoms with Crippen molar-refractivity contribution in [3.05, 3.63) is 32.6 Å². The van der Waals surface area contributed by atoms with E-state index in [9.17, 15) is 9.59 Å². The van der Waals surface area contributed by atoms with Crippen LogP contribution in [0.5, 0.6) is 0 Å². The van der Waals surface area contributed by atoms with Crippen LogP contribution >= 0.6 is 11.3 Å². The standard InChI is InChI=1S/C18H24N4O3S/c1-9-11(14(19)23)13(25-21-9)18(5,6)8-22-7-10-12(15(22)24)26-16(20-10)17(2,3)4/h7-8H2,1-6H3,(H2,19,23). The molecule has 3 heterocycles. The van der Waals surface area contributed by atoms with Gasteiger partial charge in [0.25, 0.3) is 11.8 Å².